The first-order valence-corrected chi connectivity index (χ1v) is 5.68. The number of aryl methyl sites for hydroxylation is 1. The maximum absolute atomic E-state index is 5.90. The number of rotatable bonds is 3. The van der Waals surface area contributed by atoms with E-state index in [9.17, 15) is 0 Å². The van der Waals surface area contributed by atoms with Crippen LogP contribution in [0.3, 0.4) is 0 Å². The largest absolute Gasteiger partial charge is 0.361 e. The number of aromatic nitrogens is 1. The van der Waals surface area contributed by atoms with E-state index in [2.05, 4.69) is 29.9 Å². The Bertz CT molecular complexity index is 436. The minimum atomic E-state index is 0.778. The molecule has 0 aliphatic rings. The van der Waals surface area contributed by atoms with Crippen LogP contribution in [0.1, 0.15) is 12.0 Å². The maximum atomic E-state index is 5.90. The van der Waals surface area contributed by atoms with Crippen LogP contribution in [0.25, 0.3) is 10.9 Å². The highest BCUT2D eigenvalue weighted by molar-refractivity contribution is 7.80. The van der Waals surface area contributed by atoms with Gasteiger partial charge in [0.1, 0.15) is 0 Å². The molecule has 1 N–H and O–H groups in total. The molecule has 0 aliphatic heterocycles. The van der Waals surface area contributed by atoms with Crippen LogP contribution in [0.5, 0.6) is 0 Å². The van der Waals surface area contributed by atoms with Gasteiger partial charge in [-0.25, -0.2) is 0 Å². The fraction of sp³-hybridized carbons (Fsp3) is 0.273. The second-order valence-corrected chi connectivity index (χ2v) is 4.21. The van der Waals surface area contributed by atoms with Gasteiger partial charge in [0.2, 0.25) is 0 Å². The molecule has 0 saturated heterocycles. The van der Waals surface area contributed by atoms with E-state index in [1.54, 1.807) is 0 Å². The molecule has 0 spiro atoms. The number of aromatic amines is 1. The van der Waals surface area contributed by atoms with Crippen LogP contribution in [0.4, 0.5) is 0 Å². The molecule has 1 nitrogen and oxygen atoms in total. The molecule has 0 saturated carbocycles. The Hall–Kier alpha value is -0.600. The number of hydrogen-bond acceptors (Lipinski definition) is 1. The van der Waals surface area contributed by atoms with Gasteiger partial charge in [0, 0.05) is 22.1 Å². The lowest BCUT2D eigenvalue weighted by Crippen LogP contribution is -1.83. The van der Waals surface area contributed by atoms with Gasteiger partial charge in [0.25, 0.3) is 0 Å². The summed E-state index contributed by atoms with van der Waals surface area (Å²) in [4.78, 5) is 3.23. The number of nitrogens with one attached hydrogen (secondary N) is 1. The Labute approximate surface area is 93.9 Å². The number of hydrogen-bond donors (Lipinski definition) is 2. The van der Waals surface area contributed by atoms with Crippen molar-refractivity contribution in [2.75, 3.05) is 5.75 Å². The topological polar surface area (TPSA) is 15.8 Å². The summed E-state index contributed by atoms with van der Waals surface area (Å²) in [5, 5.41) is 2.05. The Balaban J connectivity index is 2.37. The highest BCUT2D eigenvalue weighted by Gasteiger charge is 2.02. The number of benzene rings is 1. The molecular weight excluding hydrogens is 214 g/mol. The Morgan fingerprint density at radius 3 is 3.00 bits per heavy atom. The molecule has 1 aromatic carbocycles. The molecule has 2 rings (SSSR count). The minimum absolute atomic E-state index is 0.778. The van der Waals surface area contributed by atoms with Gasteiger partial charge in [-0.3, -0.25) is 0 Å². The summed E-state index contributed by atoms with van der Waals surface area (Å²) < 4.78 is 0. The molecule has 0 bridgehead atoms. The molecule has 0 amide bonds. The van der Waals surface area contributed by atoms with Crippen molar-refractivity contribution in [3.63, 3.8) is 0 Å². The minimum Gasteiger partial charge on any atom is -0.361 e. The average Bonchev–Trinajstić information content (AvgIpc) is 2.57. The molecule has 0 unspecified atom stereocenters. The predicted octanol–water partition coefficient (Wildman–Crippen LogP) is 3.68. The summed E-state index contributed by atoms with van der Waals surface area (Å²) in [6.45, 7) is 0. The van der Waals surface area contributed by atoms with E-state index in [1.165, 1.54) is 10.9 Å². The van der Waals surface area contributed by atoms with Crippen LogP contribution in [0.15, 0.2) is 24.4 Å². The fourth-order valence-corrected chi connectivity index (χ4v) is 1.97. The van der Waals surface area contributed by atoms with Crippen molar-refractivity contribution in [1.82, 2.24) is 4.98 Å². The first-order valence-electron chi connectivity index (χ1n) is 4.67. The molecule has 2 aromatic rings. The highest BCUT2D eigenvalue weighted by atomic mass is 35.5. The summed E-state index contributed by atoms with van der Waals surface area (Å²) in [5.74, 6) is 0.931. The van der Waals surface area contributed by atoms with Gasteiger partial charge >= 0.3 is 0 Å². The van der Waals surface area contributed by atoms with Gasteiger partial charge in [-0.05, 0) is 36.3 Å². The van der Waals surface area contributed by atoms with Crippen molar-refractivity contribution < 1.29 is 0 Å². The van der Waals surface area contributed by atoms with Gasteiger partial charge in [-0.2, -0.15) is 12.6 Å². The molecule has 0 atom stereocenters. The van der Waals surface area contributed by atoms with E-state index < -0.39 is 0 Å². The van der Waals surface area contributed by atoms with E-state index in [-0.39, 0.29) is 0 Å². The third-order valence-corrected chi connectivity index (χ3v) is 2.89. The summed E-state index contributed by atoms with van der Waals surface area (Å²) in [7, 11) is 0. The maximum Gasteiger partial charge on any atom is 0.0471 e. The van der Waals surface area contributed by atoms with Crippen molar-refractivity contribution in [3.05, 3.63) is 35.0 Å². The van der Waals surface area contributed by atoms with E-state index in [0.29, 0.717) is 0 Å². The highest BCUT2D eigenvalue weighted by Crippen LogP contribution is 2.22. The lowest BCUT2D eigenvalue weighted by molar-refractivity contribution is 0.943. The summed E-state index contributed by atoms with van der Waals surface area (Å²) in [6.07, 6.45) is 4.24. The first-order chi connectivity index (χ1) is 6.81. The third-order valence-electron chi connectivity index (χ3n) is 2.33. The lowest BCUT2D eigenvalue weighted by Gasteiger charge is -1.96. The van der Waals surface area contributed by atoms with Crippen LogP contribution in [0.2, 0.25) is 5.02 Å². The zero-order valence-electron chi connectivity index (χ0n) is 7.76. The van der Waals surface area contributed by atoms with E-state index >= 15 is 0 Å². The molecule has 3 heteroatoms. The summed E-state index contributed by atoms with van der Waals surface area (Å²) >= 11 is 10.1. The van der Waals surface area contributed by atoms with Gasteiger partial charge in [0.05, 0.1) is 0 Å². The SMILES string of the molecule is SCCCc1c[nH]c2cc(Cl)ccc12. The second kappa shape index (κ2) is 4.28. The zero-order chi connectivity index (χ0) is 9.97. The Morgan fingerprint density at radius 2 is 2.21 bits per heavy atom. The van der Waals surface area contributed by atoms with Crippen molar-refractivity contribution in [2.24, 2.45) is 0 Å². The van der Waals surface area contributed by atoms with Crippen LogP contribution >= 0.6 is 24.2 Å². The van der Waals surface area contributed by atoms with Crippen LogP contribution in [-0.4, -0.2) is 10.7 Å². The lowest BCUT2D eigenvalue weighted by atomic mass is 10.1. The first kappa shape index (κ1) is 9.94. The molecule has 0 fully saturated rings. The monoisotopic (exact) mass is 225 g/mol. The molecule has 1 heterocycles. The van der Waals surface area contributed by atoms with Crippen molar-refractivity contribution in [3.8, 4) is 0 Å². The molecular formula is C11H12ClNS. The van der Waals surface area contributed by atoms with Gasteiger partial charge in [-0.15, -0.1) is 0 Å². The van der Waals surface area contributed by atoms with Crippen LogP contribution in [0, 0.1) is 0 Å². The molecule has 0 aliphatic carbocycles. The number of thiol groups is 1. The van der Waals surface area contributed by atoms with Gasteiger partial charge in [-0.1, -0.05) is 17.7 Å². The van der Waals surface area contributed by atoms with Crippen LogP contribution < -0.4 is 0 Å². The molecule has 0 radical (unpaired) electrons. The molecule has 74 valence electrons. The van der Waals surface area contributed by atoms with Crippen molar-refractivity contribution in [1.29, 1.82) is 0 Å². The molecule has 1 aromatic heterocycles. The predicted molar refractivity (Wildman–Crippen MR) is 65.5 cm³/mol. The van der Waals surface area contributed by atoms with Crippen molar-refractivity contribution >= 4 is 35.1 Å². The number of fused-ring (bicyclic) bond motifs is 1. The smallest absolute Gasteiger partial charge is 0.0471 e. The quantitative estimate of drug-likeness (QED) is 0.742. The second-order valence-electron chi connectivity index (χ2n) is 3.33. The standard InChI is InChI=1S/C11H12ClNS/c12-9-3-4-10-8(2-1-5-14)7-13-11(10)6-9/h3-4,6-7,13-14H,1-2,5H2. The average molecular weight is 226 g/mol. The van der Waals surface area contributed by atoms with Gasteiger partial charge in [0.15, 0.2) is 0 Å². The third kappa shape index (κ3) is 1.91. The van der Waals surface area contributed by atoms with E-state index in [0.717, 1.165) is 29.1 Å². The number of H-pyrrole nitrogens is 1. The fourth-order valence-electron chi connectivity index (χ4n) is 1.63. The zero-order valence-corrected chi connectivity index (χ0v) is 9.41. The Morgan fingerprint density at radius 1 is 1.36 bits per heavy atom. The van der Waals surface area contributed by atoms with Gasteiger partial charge < -0.3 is 4.98 Å². The summed E-state index contributed by atoms with van der Waals surface area (Å²) in [5.41, 5.74) is 2.47. The Kier molecular flexibility index (Phi) is 3.04. The van der Waals surface area contributed by atoms with Crippen LogP contribution in [-0.2, 0) is 6.42 Å². The number of halogens is 1. The molecule has 14 heavy (non-hydrogen) atoms. The van der Waals surface area contributed by atoms with Crippen molar-refractivity contribution in [2.45, 2.75) is 12.8 Å². The van der Waals surface area contributed by atoms with E-state index in [4.69, 9.17) is 11.6 Å². The van der Waals surface area contributed by atoms with E-state index in [1.807, 2.05) is 12.1 Å². The summed E-state index contributed by atoms with van der Waals surface area (Å²) in [6, 6.07) is 5.96. The normalized spacial score (nSPS) is 11.0.